The molecule has 0 unspecified atom stereocenters. The SMILES string of the molecule is CCC(CC)C1(CO)CC1. The Kier molecular flexibility index (Phi) is 2.35. The van der Waals surface area contributed by atoms with Crippen molar-refractivity contribution in [2.75, 3.05) is 6.61 Å². The van der Waals surface area contributed by atoms with Crippen molar-refractivity contribution in [3.8, 4) is 0 Å². The molecule has 0 aromatic rings. The highest BCUT2D eigenvalue weighted by Crippen LogP contribution is 2.53. The largest absolute Gasteiger partial charge is 0.396 e. The van der Waals surface area contributed by atoms with E-state index in [1.165, 1.54) is 25.7 Å². The Morgan fingerprint density at radius 2 is 1.80 bits per heavy atom. The molecule has 1 heteroatoms. The molecule has 1 aliphatic carbocycles. The van der Waals surface area contributed by atoms with Crippen LogP contribution in [0.3, 0.4) is 0 Å². The number of aliphatic hydroxyl groups excluding tert-OH is 1. The van der Waals surface area contributed by atoms with Crippen LogP contribution in [0.25, 0.3) is 0 Å². The Bertz CT molecular complexity index is 101. The first-order valence-electron chi connectivity index (χ1n) is 4.40. The van der Waals surface area contributed by atoms with Crippen molar-refractivity contribution in [1.82, 2.24) is 0 Å². The smallest absolute Gasteiger partial charge is 0.0490 e. The normalized spacial score (nSPS) is 21.6. The highest BCUT2D eigenvalue weighted by atomic mass is 16.3. The van der Waals surface area contributed by atoms with Gasteiger partial charge in [0, 0.05) is 6.61 Å². The number of rotatable bonds is 4. The molecule has 60 valence electrons. The van der Waals surface area contributed by atoms with Crippen LogP contribution in [0.1, 0.15) is 39.5 Å². The minimum atomic E-state index is 0.365. The lowest BCUT2D eigenvalue weighted by atomic mass is 9.85. The Balaban J connectivity index is 2.43. The van der Waals surface area contributed by atoms with E-state index in [1.807, 2.05) is 0 Å². The van der Waals surface area contributed by atoms with Gasteiger partial charge < -0.3 is 5.11 Å². The van der Waals surface area contributed by atoms with E-state index in [4.69, 9.17) is 5.11 Å². The Morgan fingerprint density at radius 1 is 1.30 bits per heavy atom. The van der Waals surface area contributed by atoms with Gasteiger partial charge in [-0.05, 0) is 24.2 Å². The monoisotopic (exact) mass is 142 g/mol. The number of aliphatic hydroxyl groups is 1. The second-order valence-electron chi connectivity index (χ2n) is 3.53. The van der Waals surface area contributed by atoms with Gasteiger partial charge in [0.25, 0.3) is 0 Å². The molecule has 1 aliphatic rings. The van der Waals surface area contributed by atoms with Crippen LogP contribution in [-0.2, 0) is 0 Å². The van der Waals surface area contributed by atoms with Crippen LogP contribution in [0, 0.1) is 11.3 Å². The fourth-order valence-corrected chi connectivity index (χ4v) is 2.01. The van der Waals surface area contributed by atoms with Crippen molar-refractivity contribution >= 4 is 0 Å². The molecule has 1 N–H and O–H groups in total. The van der Waals surface area contributed by atoms with Gasteiger partial charge >= 0.3 is 0 Å². The third-order valence-electron chi connectivity index (χ3n) is 3.06. The highest BCUT2D eigenvalue weighted by molar-refractivity contribution is 4.96. The zero-order valence-corrected chi connectivity index (χ0v) is 7.06. The molecule has 1 rings (SSSR count). The van der Waals surface area contributed by atoms with Crippen molar-refractivity contribution in [2.45, 2.75) is 39.5 Å². The Morgan fingerprint density at radius 3 is 1.90 bits per heavy atom. The van der Waals surface area contributed by atoms with Crippen molar-refractivity contribution < 1.29 is 5.11 Å². The summed E-state index contributed by atoms with van der Waals surface area (Å²) in [6.45, 7) is 4.87. The molecule has 0 aromatic carbocycles. The Hall–Kier alpha value is -0.0400. The van der Waals surface area contributed by atoms with Gasteiger partial charge in [-0.2, -0.15) is 0 Å². The van der Waals surface area contributed by atoms with Gasteiger partial charge in [-0.3, -0.25) is 0 Å². The third kappa shape index (κ3) is 1.20. The zero-order chi connectivity index (χ0) is 7.61. The van der Waals surface area contributed by atoms with E-state index < -0.39 is 0 Å². The molecule has 1 saturated carbocycles. The van der Waals surface area contributed by atoms with E-state index in [9.17, 15) is 0 Å². The van der Waals surface area contributed by atoms with Gasteiger partial charge in [-0.1, -0.05) is 26.7 Å². The molecule has 0 aromatic heterocycles. The summed E-state index contributed by atoms with van der Waals surface area (Å²) in [4.78, 5) is 0. The first-order valence-corrected chi connectivity index (χ1v) is 4.40. The van der Waals surface area contributed by atoms with Crippen LogP contribution in [0.2, 0.25) is 0 Å². The first-order chi connectivity index (χ1) is 4.79. The molecule has 1 nitrogen and oxygen atoms in total. The topological polar surface area (TPSA) is 20.2 Å². The summed E-state index contributed by atoms with van der Waals surface area (Å²) in [6, 6.07) is 0. The van der Waals surface area contributed by atoms with Gasteiger partial charge in [0.05, 0.1) is 0 Å². The molecule has 0 bridgehead atoms. The average Bonchev–Trinajstić information content (AvgIpc) is 2.72. The van der Waals surface area contributed by atoms with E-state index in [0.717, 1.165) is 5.92 Å². The van der Waals surface area contributed by atoms with Crippen molar-refractivity contribution in [1.29, 1.82) is 0 Å². The summed E-state index contributed by atoms with van der Waals surface area (Å²) < 4.78 is 0. The van der Waals surface area contributed by atoms with Crippen LogP contribution < -0.4 is 0 Å². The molecular weight excluding hydrogens is 124 g/mol. The highest BCUT2D eigenvalue weighted by Gasteiger charge is 2.46. The third-order valence-corrected chi connectivity index (χ3v) is 3.06. The van der Waals surface area contributed by atoms with Crippen LogP contribution in [0.5, 0.6) is 0 Å². The predicted molar refractivity (Wildman–Crippen MR) is 42.8 cm³/mol. The zero-order valence-electron chi connectivity index (χ0n) is 7.06. The fourth-order valence-electron chi connectivity index (χ4n) is 2.01. The lowest BCUT2D eigenvalue weighted by molar-refractivity contribution is 0.149. The second-order valence-corrected chi connectivity index (χ2v) is 3.53. The second kappa shape index (κ2) is 2.91. The predicted octanol–water partition coefficient (Wildman–Crippen LogP) is 2.20. The molecule has 0 aliphatic heterocycles. The van der Waals surface area contributed by atoms with Crippen LogP contribution >= 0.6 is 0 Å². The van der Waals surface area contributed by atoms with Gasteiger partial charge in [0.1, 0.15) is 0 Å². The molecule has 0 saturated heterocycles. The maximum atomic E-state index is 9.09. The standard InChI is InChI=1S/C9H18O/c1-3-8(4-2)9(7-10)5-6-9/h8,10H,3-7H2,1-2H3. The molecule has 0 amide bonds. The van der Waals surface area contributed by atoms with Crippen LogP contribution in [0.4, 0.5) is 0 Å². The van der Waals surface area contributed by atoms with Gasteiger partial charge in [0.2, 0.25) is 0 Å². The summed E-state index contributed by atoms with van der Waals surface area (Å²) in [7, 11) is 0. The molecule has 1 fully saturated rings. The van der Waals surface area contributed by atoms with E-state index in [2.05, 4.69) is 13.8 Å². The molecule has 0 heterocycles. The lowest BCUT2D eigenvalue weighted by Crippen LogP contribution is -2.18. The average molecular weight is 142 g/mol. The first kappa shape index (κ1) is 8.06. The fraction of sp³-hybridized carbons (Fsp3) is 1.00. The van der Waals surface area contributed by atoms with Crippen LogP contribution in [0.15, 0.2) is 0 Å². The minimum absolute atomic E-state index is 0.365. The summed E-state index contributed by atoms with van der Waals surface area (Å²) in [5.74, 6) is 0.775. The quantitative estimate of drug-likeness (QED) is 0.638. The van der Waals surface area contributed by atoms with E-state index in [-0.39, 0.29) is 0 Å². The van der Waals surface area contributed by atoms with E-state index in [0.29, 0.717) is 12.0 Å². The number of hydrogen-bond donors (Lipinski definition) is 1. The molecule has 0 atom stereocenters. The summed E-state index contributed by atoms with van der Waals surface area (Å²) in [5, 5.41) is 9.09. The number of hydrogen-bond acceptors (Lipinski definition) is 1. The molecule has 0 spiro atoms. The maximum Gasteiger partial charge on any atom is 0.0490 e. The lowest BCUT2D eigenvalue weighted by Gasteiger charge is -2.21. The van der Waals surface area contributed by atoms with Gasteiger partial charge in [0.15, 0.2) is 0 Å². The van der Waals surface area contributed by atoms with Crippen LogP contribution in [-0.4, -0.2) is 11.7 Å². The maximum absolute atomic E-state index is 9.09. The van der Waals surface area contributed by atoms with Gasteiger partial charge in [-0.25, -0.2) is 0 Å². The summed E-state index contributed by atoms with van der Waals surface area (Å²) >= 11 is 0. The van der Waals surface area contributed by atoms with Gasteiger partial charge in [-0.15, -0.1) is 0 Å². The minimum Gasteiger partial charge on any atom is -0.396 e. The van der Waals surface area contributed by atoms with E-state index in [1.54, 1.807) is 0 Å². The molecule has 10 heavy (non-hydrogen) atoms. The molecule has 0 radical (unpaired) electrons. The summed E-state index contributed by atoms with van der Waals surface area (Å²) in [5.41, 5.74) is 0.365. The Labute approximate surface area is 63.4 Å². The molecular formula is C9H18O. The van der Waals surface area contributed by atoms with E-state index >= 15 is 0 Å². The van der Waals surface area contributed by atoms with Crippen molar-refractivity contribution in [2.24, 2.45) is 11.3 Å². The summed E-state index contributed by atoms with van der Waals surface area (Å²) in [6.07, 6.45) is 4.99. The van der Waals surface area contributed by atoms with Crippen molar-refractivity contribution in [3.63, 3.8) is 0 Å². The van der Waals surface area contributed by atoms with Crippen molar-refractivity contribution in [3.05, 3.63) is 0 Å².